The third kappa shape index (κ3) is 4.92. The van der Waals surface area contributed by atoms with Crippen LogP contribution in [0, 0.1) is 6.92 Å². The average molecular weight is 340 g/mol. The summed E-state index contributed by atoms with van der Waals surface area (Å²) in [6.45, 7) is 12.2. The second kappa shape index (κ2) is 7.38. The smallest absolute Gasteiger partial charge is 0.209 e. The minimum absolute atomic E-state index is 0.00434. The van der Waals surface area contributed by atoms with Crippen molar-refractivity contribution >= 4 is 21.2 Å². The number of thiazole rings is 1. The van der Waals surface area contributed by atoms with Gasteiger partial charge in [-0.3, -0.25) is 0 Å². The van der Waals surface area contributed by atoms with Gasteiger partial charge in [-0.15, -0.1) is 11.3 Å². The van der Waals surface area contributed by atoms with Crippen molar-refractivity contribution in [2.45, 2.75) is 57.0 Å². The average Bonchev–Trinajstić information content (AvgIpc) is 2.88. The molecule has 0 N–H and O–H groups in total. The number of rotatable bonds is 3. The molecule has 1 heterocycles. The van der Waals surface area contributed by atoms with Crippen molar-refractivity contribution in [2.24, 2.45) is 0 Å². The molecular formula is C17H25NO2S2. The van der Waals surface area contributed by atoms with Crippen LogP contribution in [0.15, 0.2) is 34.0 Å². The van der Waals surface area contributed by atoms with E-state index in [-0.39, 0.29) is 15.5 Å². The standard InChI is InChI=1S/C15H19NO2S2.C2H6/c1-11-9-19-14(16-11)20(17,18)10-12-5-7-13(8-6-12)15(2,3)4;1-2/h5-9H,10H2,1-4H3;1-2H3. The highest BCUT2D eigenvalue weighted by atomic mass is 32.2. The van der Waals surface area contributed by atoms with Crippen LogP contribution in [-0.2, 0) is 21.0 Å². The molecule has 122 valence electrons. The monoisotopic (exact) mass is 339 g/mol. The van der Waals surface area contributed by atoms with Crippen molar-refractivity contribution < 1.29 is 8.42 Å². The first kappa shape index (κ1) is 18.8. The first-order valence-corrected chi connectivity index (χ1v) is 9.96. The normalized spacial score (nSPS) is 11.7. The Hall–Kier alpha value is -1.20. The van der Waals surface area contributed by atoms with Gasteiger partial charge < -0.3 is 0 Å². The summed E-state index contributed by atoms with van der Waals surface area (Å²) in [5.74, 6) is 0.00434. The molecule has 0 spiro atoms. The summed E-state index contributed by atoms with van der Waals surface area (Å²) in [6, 6.07) is 7.77. The summed E-state index contributed by atoms with van der Waals surface area (Å²) in [4.78, 5) is 4.07. The Balaban J connectivity index is 0.00000116. The molecule has 22 heavy (non-hydrogen) atoms. The van der Waals surface area contributed by atoms with Gasteiger partial charge in [-0.2, -0.15) is 0 Å². The molecule has 0 aliphatic rings. The van der Waals surface area contributed by atoms with Gasteiger partial charge in [0.25, 0.3) is 0 Å². The van der Waals surface area contributed by atoms with E-state index in [1.807, 2.05) is 38.1 Å². The van der Waals surface area contributed by atoms with Crippen LogP contribution >= 0.6 is 11.3 Å². The first-order valence-electron chi connectivity index (χ1n) is 7.43. The number of hydrogen-bond acceptors (Lipinski definition) is 4. The van der Waals surface area contributed by atoms with Crippen LogP contribution < -0.4 is 0 Å². The number of aryl methyl sites for hydroxylation is 1. The maximum absolute atomic E-state index is 12.2. The Labute approximate surface area is 138 Å². The zero-order chi connectivity index (χ0) is 17.0. The van der Waals surface area contributed by atoms with Gasteiger partial charge in [0.05, 0.1) is 5.75 Å². The SMILES string of the molecule is CC.Cc1csc(S(=O)(=O)Cc2ccc(C(C)(C)C)cc2)n1. The lowest BCUT2D eigenvalue weighted by atomic mass is 9.87. The van der Waals surface area contributed by atoms with Crippen LogP contribution in [0.2, 0.25) is 0 Å². The van der Waals surface area contributed by atoms with E-state index >= 15 is 0 Å². The van der Waals surface area contributed by atoms with Crippen molar-refractivity contribution in [1.29, 1.82) is 0 Å². The summed E-state index contributed by atoms with van der Waals surface area (Å²) < 4.78 is 24.7. The number of nitrogens with zero attached hydrogens (tertiary/aromatic N) is 1. The fourth-order valence-electron chi connectivity index (χ4n) is 1.86. The number of sulfone groups is 1. The predicted molar refractivity (Wildman–Crippen MR) is 94.2 cm³/mol. The molecule has 3 nitrogen and oxygen atoms in total. The molecule has 0 bridgehead atoms. The maximum Gasteiger partial charge on any atom is 0.209 e. The zero-order valence-corrected chi connectivity index (χ0v) is 15.8. The van der Waals surface area contributed by atoms with Gasteiger partial charge in [-0.25, -0.2) is 13.4 Å². The molecule has 0 amide bonds. The van der Waals surface area contributed by atoms with E-state index in [4.69, 9.17) is 0 Å². The van der Waals surface area contributed by atoms with E-state index in [1.165, 1.54) is 16.9 Å². The third-order valence-electron chi connectivity index (χ3n) is 3.04. The predicted octanol–water partition coefficient (Wildman–Crippen LogP) is 4.75. The van der Waals surface area contributed by atoms with Crippen molar-refractivity contribution in [3.8, 4) is 0 Å². The quantitative estimate of drug-likeness (QED) is 0.811. The van der Waals surface area contributed by atoms with E-state index < -0.39 is 9.84 Å². The molecule has 5 heteroatoms. The number of hydrogen-bond donors (Lipinski definition) is 0. The van der Waals surface area contributed by atoms with Gasteiger partial charge in [0, 0.05) is 11.1 Å². The van der Waals surface area contributed by atoms with E-state index in [0.29, 0.717) is 0 Å². The lowest BCUT2D eigenvalue weighted by Crippen LogP contribution is -2.11. The summed E-state index contributed by atoms with van der Waals surface area (Å²) >= 11 is 1.18. The molecule has 2 aromatic rings. The molecule has 0 aliphatic heterocycles. The Kier molecular flexibility index (Phi) is 6.32. The van der Waals surface area contributed by atoms with Crippen LogP contribution in [0.4, 0.5) is 0 Å². The summed E-state index contributed by atoms with van der Waals surface area (Å²) in [5, 5.41) is 1.76. The van der Waals surface area contributed by atoms with Gasteiger partial charge >= 0.3 is 0 Å². The second-order valence-corrected chi connectivity index (χ2v) is 8.98. The maximum atomic E-state index is 12.2. The Morgan fingerprint density at radius 2 is 1.64 bits per heavy atom. The molecule has 1 aromatic carbocycles. The molecule has 0 aliphatic carbocycles. The number of benzene rings is 1. The summed E-state index contributed by atoms with van der Waals surface area (Å²) in [6.07, 6.45) is 0. The molecule has 0 fully saturated rings. The van der Waals surface area contributed by atoms with Gasteiger partial charge in [0.2, 0.25) is 14.2 Å². The van der Waals surface area contributed by atoms with Crippen LogP contribution in [0.3, 0.4) is 0 Å². The minimum Gasteiger partial charge on any atom is -0.231 e. The van der Waals surface area contributed by atoms with Gasteiger partial charge in [-0.1, -0.05) is 58.9 Å². The molecule has 0 saturated heterocycles. The molecule has 0 radical (unpaired) electrons. The topological polar surface area (TPSA) is 47.0 Å². The Morgan fingerprint density at radius 3 is 2.05 bits per heavy atom. The van der Waals surface area contributed by atoms with Crippen LogP contribution in [0.1, 0.15) is 51.4 Å². The molecule has 0 unspecified atom stereocenters. The molecular weight excluding hydrogens is 314 g/mol. The summed E-state index contributed by atoms with van der Waals surface area (Å²) in [5.41, 5.74) is 2.82. The van der Waals surface area contributed by atoms with Crippen LogP contribution in [0.5, 0.6) is 0 Å². The highest BCUT2D eigenvalue weighted by Gasteiger charge is 2.20. The van der Waals surface area contributed by atoms with Crippen molar-refractivity contribution in [1.82, 2.24) is 4.98 Å². The lowest BCUT2D eigenvalue weighted by Gasteiger charge is -2.19. The first-order chi connectivity index (χ1) is 10.2. The van der Waals surface area contributed by atoms with E-state index in [1.54, 1.807) is 12.3 Å². The van der Waals surface area contributed by atoms with E-state index in [0.717, 1.165) is 11.3 Å². The minimum atomic E-state index is -3.33. The fraction of sp³-hybridized carbons (Fsp3) is 0.471. The summed E-state index contributed by atoms with van der Waals surface area (Å²) in [7, 11) is -3.33. The lowest BCUT2D eigenvalue weighted by molar-refractivity contribution is 0.589. The van der Waals surface area contributed by atoms with Crippen LogP contribution in [0.25, 0.3) is 0 Å². The van der Waals surface area contributed by atoms with Gasteiger partial charge in [0.1, 0.15) is 0 Å². The van der Waals surface area contributed by atoms with E-state index in [2.05, 4.69) is 25.8 Å². The van der Waals surface area contributed by atoms with Crippen LogP contribution in [-0.4, -0.2) is 13.4 Å². The van der Waals surface area contributed by atoms with Crippen molar-refractivity contribution in [3.63, 3.8) is 0 Å². The van der Waals surface area contributed by atoms with Gasteiger partial charge in [-0.05, 0) is 23.5 Å². The van der Waals surface area contributed by atoms with Crippen molar-refractivity contribution in [2.75, 3.05) is 0 Å². The zero-order valence-electron chi connectivity index (χ0n) is 14.2. The Morgan fingerprint density at radius 1 is 1.09 bits per heavy atom. The van der Waals surface area contributed by atoms with Crippen molar-refractivity contribution in [3.05, 3.63) is 46.5 Å². The van der Waals surface area contributed by atoms with E-state index in [9.17, 15) is 8.42 Å². The molecule has 2 rings (SSSR count). The molecule has 0 atom stereocenters. The molecule has 0 saturated carbocycles. The number of aromatic nitrogens is 1. The third-order valence-corrected chi connectivity index (χ3v) is 6.18. The van der Waals surface area contributed by atoms with Gasteiger partial charge in [0.15, 0.2) is 0 Å². The molecule has 1 aromatic heterocycles. The largest absolute Gasteiger partial charge is 0.231 e. The fourth-order valence-corrected chi connectivity index (χ4v) is 4.32. The Bertz CT molecular complexity index is 693. The highest BCUT2D eigenvalue weighted by Crippen LogP contribution is 2.24. The second-order valence-electron chi connectivity index (χ2n) is 5.96. The highest BCUT2D eigenvalue weighted by molar-refractivity contribution is 7.92.